The molecule has 0 unspecified atom stereocenters. The Morgan fingerprint density at radius 3 is 1.79 bits per heavy atom. The zero-order valence-electron chi connectivity index (χ0n) is 21.5. The van der Waals surface area contributed by atoms with Gasteiger partial charge in [-0.2, -0.15) is 0 Å². The van der Waals surface area contributed by atoms with E-state index in [1.807, 2.05) is 0 Å². The van der Waals surface area contributed by atoms with Gasteiger partial charge < -0.3 is 75.2 Å². The minimum atomic E-state index is -1.80. The number of amides is 2. The SMILES string of the molecule is CC(=O)N[C@@H]1[C@@H](O[C@H]2O[C@@H](C)[C@@H](O)[C@@H](O)[C@@H]2O)[C@H](O[C@H]2O[C@H](CO)[C@@H](O)[C@H](O)[C@H]2NC(C)=O)[C@@H](CO)O[C@@H]1O. The van der Waals surface area contributed by atoms with Gasteiger partial charge in [-0.15, -0.1) is 0 Å². The van der Waals surface area contributed by atoms with Gasteiger partial charge in [0.15, 0.2) is 18.9 Å². The van der Waals surface area contributed by atoms with Crippen molar-refractivity contribution in [1.82, 2.24) is 10.6 Å². The summed E-state index contributed by atoms with van der Waals surface area (Å²) in [5, 5.41) is 86.7. The van der Waals surface area contributed by atoms with Crippen molar-refractivity contribution in [2.45, 2.75) is 113 Å². The molecule has 2 amide bonds. The van der Waals surface area contributed by atoms with Gasteiger partial charge in [-0.25, -0.2) is 0 Å². The molecule has 3 fully saturated rings. The Morgan fingerprint density at radius 1 is 0.667 bits per heavy atom. The predicted octanol–water partition coefficient (Wildman–Crippen LogP) is -6.26. The summed E-state index contributed by atoms with van der Waals surface area (Å²) in [4.78, 5) is 23.8. The highest BCUT2D eigenvalue weighted by Crippen LogP contribution is 2.33. The van der Waals surface area contributed by atoms with Gasteiger partial charge >= 0.3 is 0 Å². The summed E-state index contributed by atoms with van der Waals surface area (Å²) < 4.78 is 28.4. The molecule has 39 heavy (non-hydrogen) atoms. The molecule has 0 aliphatic carbocycles. The maximum atomic E-state index is 12.0. The van der Waals surface area contributed by atoms with Gasteiger partial charge in [0, 0.05) is 13.8 Å². The van der Waals surface area contributed by atoms with E-state index in [-0.39, 0.29) is 0 Å². The largest absolute Gasteiger partial charge is 0.394 e. The Labute approximate surface area is 223 Å². The van der Waals surface area contributed by atoms with Crippen LogP contribution in [0.15, 0.2) is 0 Å². The second-order valence-corrected chi connectivity index (χ2v) is 9.79. The quantitative estimate of drug-likeness (QED) is 0.130. The van der Waals surface area contributed by atoms with Gasteiger partial charge in [0.05, 0.1) is 19.3 Å². The molecule has 15 atom stereocenters. The lowest BCUT2D eigenvalue weighted by Crippen LogP contribution is -2.70. The third-order valence-electron chi connectivity index (χ3n) is 6.86. The first-order chi connectivity index (χ1) is 18.3. The summed E-state index contributed by atoms with van der Waals surface area (Å²) in [7, 11) is 0. The van der Waals surface area contributed by atoms with E-state index in [9.17, 15) is 50.4 Å². The third kappa shape index (κ3) is 7.02. The van der Waals surface area contributed by atoms with Crippen molar-refractivity contribution in [3.8, 4) is 0 Å². The van der Waals surface area contributed by atoms with Crippen LogP contribution in [0.25, 0.3) is 0 Å². The first-order valence-corrected chi connectivity index (χ1v) is 12.4. The molecular formula is C22H38N2O15. The smallest absolute Gasteiger partial charge is 0.217 e. The van der Waals surface area contributed by atoms with E-state index < -0.39 is 117 Å². The third-order valence-corrected chi connectivity index (χ3v) is 6.86. The monoisotopic (exact) mass is 570 g/mol. The summed E-state index contributed by atoms with van der Waals surface area (Å²) in [5.41, 5.74) is 0. The van der Waals surface area contributed by atoms with Crippen molar-refractivity contribution in [3.63, 3.8) is 0 Å². The zero-order chi connectivity index (χ0) is 29.2. The molecule has 3 heterocycles. The van der Waals surface area contributed by atoms with Gasteiger partial charge in [0.2, 0.25) is 11.8 Å². The minimum absolute atomic E-state index is 0.635. The molecule has 0 aromatic carbocycles. The molecular weight excluding hydrogens is 532 g/mol. The normalized spacial score (nSPS) is 46.9. The molecule has 0 bridgehead atoms. The lowest BCUT2D eigenvalue weighted by molar-refractivity contribution is -0.362. The van der Waals surface area contributed by atoms with Gasteiger partial charge in [-0.3, -0.25) is 9.59 Å². The molecule has 0 saturated carbocycles. The van der Waals surface area contributed by atoms with E-state index in [4.69, 9.17) is 23.7 Å². The molecule has 0 spiro atoms. The predicted molar refractivity (Wildman–Crippen MR) is 123 cm³/mol. The maximum Gasteiger partial charge on any atom is 0.217 e. The van der Waals surface area contributed by atoms with Crippen LogP contribution in [-0.2, 0) is 33.3 Å². The van der Waals surface area contributed by atoms with Crippen molar-refractivity contribution in [2.24, 2.45) is 0 Å². The molecule has 17 nitrogen and oxygen atoms in total. The molecule has 3 rings (SSSR count). The van der Waals surface area contributed by atoms with Gasteiger partial charge in [0.25, 0.3) is 0 Å². The van der Waals surface area contributed by atoms with Gasteiger partial charge in [-0.1, -0.05) is 0 Å². The van der Waals surface area contributed by atoms with Crippen LogP contribution in [0.2, 0.25) is 0 Å². The Kier molecular flexibility index (Phi) is 11.0. The topological polar surface area (TPSA) is 266 Å². The Balaban J connectivity index is 1.98. The number of rotatable bonds is 8. The summed E-state index contributed by atoms with van der Waals surface area (Å²) in [6, 6.07) is -2.82. The first kappa shape index (κ1) is 31.9. The van der Waals surface area contributed by atoms with Crippen LogP contribution in [0.1, 0.15) is 20.8 Å². The average molecular weight is 571 g/mol. The Hall–Kier alpha value is -1.58. The van der Waals surface area contributed by atoms with E-state index in [2.05, 4.69) is 10.6 Å². The fourth-order valence-corrected chi connectivity index (χ4v) is 4.80. The van der Waals surface area contributed by atoms with E-state index >= 15 is 0 Å². The van der Waals surface area contributed by atoms with Crippen molar-refractivity contribution < 1.29 is 74.1 Å². The van der Waals surface area contributed by atoms with Crippen LogP contribution in [-0.4, -0.2) is 158 Å². The van der Waals surface area contributed by atoms with Crippen LogP contribution in [0, 0.1) is 0 Å². The van der Waals surface area contributed by atoms with Crippen molar-refractivity contribution in [1.29, 1.82) is 0 Å². The average Bonchev–Trinajstić information content (AvgIpc) is 2.88. The lowest BCUT2D eigenvalue weighted by Gasteiger charge is -2.50. The van der Waals surface area contributed by atoms with Crippen LogP contribution in [0.5, 0.6) is 0 Å². The summed E-state index contributed by atoms with van der Waals surface area (Å²) in [5.74, 6) is -1.28. The molecule has 17 heteroatoms. The number of hydrogen-bond acceptors (Lipinski definition) is 15. The van der Waals surface area contributed by atoms with Crippen molar-refractivity contribution in [2.75, 3.05) is 13.2 Å². The van der Waals surface area contributed by atoms with Crippen molar-refractivity contribution >= 4 is 11.8 Å². The molecule has 10 N–H and O–H groups in total. The lowest BCUT2D eigenvalue weighted by atomic mass is 9.94. The molecule has 3 aliphatic rings. The fourth-order valence-electron chi connectivity index (χ4n) is 4.80. The van der Waals surface area contributed by atoms with Crippen LogP contribution in [0.3, 0.4) is 0 Å². The molecule has 226 valence electrons. The highest BCUT2D eigenvalue weighted by molar-refractivity contribution is 5.73. The maximum absolute atomic E-state index is 12.0. The molecule has 0 aromatic rings. The van der Waals surface area contributed by atoms with Crippen LogP contribution >= 0.6 is 0 Å². The molecule has 0 radical (unpaired) electrons. The summed E-state index contributed by atoms with van der Waals surface area (Å²) in [6.45, 7) is 2.13. The van der Waals surface area contributed by atoms with Gasteiger partial charge in [0.1, 0.15) is 67.0 Å². The molecule has 3 aliphatic heterocycles. The highest BCUT2D eigenvalue weighted by atomic mass is 16.7. The zero-order valence-corrected chi connectivity index (χ0v) is 21.5. The van der Waals surface area contributed by atoms with E-state index in [1.165, 1.54) is 6.92 Å². The van der Waals surface area contributed by atoms with Crippen molar-refractivity contribution in [3.05, 3.63) is 0 Å². The number of nitrogens with one attached hydrogen (secondary N) is 2. The van der Waals surface area contributed by atoms with Crippen LogP contribution in [0.4, 0.5) is 0 Å². The Bertz CT molecular complexity index is 837. The van der Waals surface area contributed by atoms with E-state index in [0.717, 1.165) is 13.8 Å². The number of ether oxygens (including phenoxy) is 5. The van der Waals surface area contributed by atoms with E-state index in [0.29, 0.717) is 0 Å². The minimum Gasteiger partial charge on any atom is -0.394 e. The summed E-state index contributed by atoms with van der Waals surface area (Å²) >= 11 is 0. The standard InChI is InChI=1S/C22H38N2O15/c1-6-13(29)16(32)17(33)22(35-6)39-19-12(24-8(3)28)20(34)36-10(5-26)18(19)38-21-11(23-7(2)27)15(31)14(30)9(4-25)37-21/h6,9-22,25-26,29-34H,4-5H2,1-3H3,(H,23,27)(H,24,28)/t6-,9+,10+,11+,12+,13+,14+,15+,16+,17-,18+,19+,20-,21+,22+/m0/s1. The number of hydrogen-bond donors (Lipinski definition) is 10. The second-order valence-electron chi connectivity index (χ2n) is 9.79. The molecule has 0 aromatic heterocycles. The highest BCUT2D eigenvalue weighted by Gasteiger charge is 2.54. The second kappa shape index (κ2) is 13.4. The number of aliphatic hydroxyl groups excluding tert-OH is 8. The Morgan fingerprint density at radius 2 is 1.23 bits per heavy atom. The van der Waals surface area contributed by atoms with Crippen LogP contribution < -0.4 is 10.6 Å². The van der Waals surface area contributed by atoms with Gasteiger partial charge in [-0.05, 0) is 6.92 Å². The first-order valence-electron chi connectivity index (χ1n) is 12.4. The van der Waals surface area contributed by atoms with E-state index in [1.54, 1.807) is 0 Å². The number of carbonyl (C=O) groups excluding carboxylic acids is 2. The number of carbonyl (C=O) groups is 2. The molecule has 3 saturated heterocycles. The fraction of sp³-hybridized carbons (Fsp3) is 0.909. The number of aliphatic hydroxyl groups is 8. The summed E-state index contributed by atoms with van der Waals surface area (Å²) in [6.07, 6.45) is -20.0.